The van der Waals surface area contributed by atoms with Crippen LogP contribution in [0.5, 0.6) is 0 Å². The van der Waals surface area contributed by atoms with Gasteiger partial charge in [-0.15, -0.1) is 0 Å². The van der Waals surface area contributed by atoms with E-state index in [-0.39, 0.29) is 27.5 Å². The SMILES string of the molecule is CC(C)(C)c1ccc2c(c1)C1OCCCC1C(c1csc([N+](=O)[O-])c1)N2. The highest BCUT2D eigenvalue weighted by Crippen LogP contribution is 2.50. The molecular formula is C20H24N2O3S. The van der Waals surface area contributed by atoms with Crippen LogP contribution in [0.25, 0.3) is 0 Å². The average Bonchev–Trinajstić information content (AvgIpc) is 3.10. The molecule has 3 atom stereocenters. The van der Waals surface area contributed by atoms with E-state index in [0.717, 1.165) is 30.7 Å². The number of hydrogen-bond acceptors (Lipinski definition) is 5. The Morgan fingerprint density at radius 1 is 1.31 bits per heavy atom. The topological polar surface area (TPSA) is 64.4 Å². The van der Waals surface area contributed by atoms with Gasteiger partial charge < -0.3 is 10.1 Å². The highest BCUT2D eigenvalue weighted by atomic mass is 32.1. The van der Waals surface area contributed by atoms with Crippen molar-refractivity contribution in [2.75, 3.05) is 11.9 Å². The first kappa shape index (κ1) is 17.5. The zero-order valence-electron chi connectivity index (χ0n) is 15.3. The summed E-state index contributed by atoms with van der Waals surface area (Å²) in [6.07, 6.45) is 2.14. The molecule has 3 heterocycles. The molecule has 0 amide bonds. The van der Waals surface area contributed by atoms with Crippen molar-refractivity contribution in [3.8, 4) is 0 Å². The molecule has 2 aliphatic rings. The molecule has 4 rings (SSSR count). The fourth-order valence-corrected chi connectivity index (χ4v) is 4.83. The van der Waals surface area contributed by atoms with Crippen molar-refractivity contribution in [2.24, 2.45) is 5.92 Å². The van der Waals surface area contributed by atoms with Crippen molar-refractivity contribution in [1.29, 1.82) is 0 Å². The molecule has 26 heavy (non-hydrogen) atoms. The molecular weight excluding hydrogens is 348 g/mol. The first-order chi connectivity index (χ1) is 12.3. The Labute approximate surface area is 157 Å². The van der Waals surface area contributed by atoms with Gasteiger partial charge in [0, 0.05) is 35.2 Å². The molecule has 0 spiro atoms. The van der Waals surface area contributed by atoms with Crippen LogP contribution in [-0.4, -0.2) is 11.5 Å². The van der Waals surface area contributed by atoms with E-state index < -0.39 is 0 Å². The number of nitrogens with zero attached hydrogens (tertiary/aromatic N) is 1. The van der Waals surface area contributed by atoms with Crippen molar-refractivity contribution in [3.63, 3.8) is 0 Å². The second-order valence-electron chi connectivity index (χ2n) is 8.25. The highest BCUT2D eigenvalue weighted by Gasteiger charge is 2.40. The Kier molecular flexibility index (Phi) is 4.28. The van der Waals surface area contributed by atoms with Crippen LogP contribution < -0.4 is 5.32 Å². The summed E-state index contributed by atoms with van der Waals surface area (Å²) in [6, 6.07) is 8.35. The Hall–Kier alpha value is -1.92. The molecule has 138 valence electrons. The molecule has 6 heteroatoms. The maximum Gasteiger partial charge on any atom is 0.324 e. The van der Waals surface area contributed by atoms with E-state index in [9.17, 15) is 10.1 Å². The second kappa shape index (κ2) is 6.35. The lowest BCUT2D eigenvalue weighted by Crippen LogP contribution is -2.36. The highest BCUT2D eigenvalue weighted by molar-refractivity contribution is 7.13. The van der Waals surface area contributed by atoms with E-state index in [0.29, 0.717) is 5.92 Å². The molecule has 0 radical (unpaired) electrons. The molecule has 0 aliphatic carbocycles. The minimum absolute atomic E-state index is 0.0475. The smallest absolute Gasteiger partial charge is 0.324 e. The largest absolute Gasteiger partial charge is 0.378 e. The zero-order valence-corrected chi connectivity index (χ0v) is 16.1. The Balaban J connectivity index is 1.75. The number of fused-ring (bicyclic) bond motifs is 3. The van der Waals surface area contributed by atoms with Crippen molar-refractivity contribution in [3.05, 3.63) is 56.5 Å². The number of thiophene rings is 1. The van der Waals surface area contributed by atoms with Gasteiger partial charge in [-0.1, -0.05) is 44.2 Å². The number of nitro groups is 1. The molecule has 1 saturated heterocycles. The van der Waals surface area contributed by atoms with E-state index in [1.165, 1.54) is 22.5 Å². The predicted octanol–water partition coefficient (Wildman–Crippen LogP) is 5.59. The molecule has 2 aromatic rings. The van der Waals surface area contributed by atoms with Gasteiger partial charge in [-0.05, 0) is 35.4 Å². The van der Waals surface area contributed by atoms with Gasteiger partial charge in [-0.3, -0.25) is 10.1 Å². The second-order valence-corrected chi connectivity index (χ2v) is 9.14. The van der Waals surface area contributed by atoms with Crippen LogP contribution in [-0.2, 0) is 10.2 Å². The molecule has 1 N–H and O–H groups in total. The lowest BCUT2D eigenvalue weighted by Gasteiger charge is -2.43. The van der Waals surface area contributed by atoms with Crippen LogP contribution >= 0.6 is 11.3 Å². The number of ether oxygens (including phenoxy) is 1. The lowest BCUT2D eigenvalue weighted by atomic mass is 9.76. The third-order valence-corrected chi connectivity index (χ3v) is 6.37. The van der Waals surface area contributed by atoms with Gasteiger partial charge in [0.25, 0.3) is 0 Å². The van der Waals surface area contributed by atoms with Crippen molar-refractivity contribution in [2.45, 2.75) is 51.2 Å². The lowest BCUT2D eigenvalue weighted by molar-refractivity contribution is -0.380. The molecule has 0 saturated carbocycles. The summed E-state index contributed by atoms with van der Waals surface area (Å²) in [4.78, 5) is 10.8. The summed E-state index contributed by atoms with van der Waals surface area (Å²) >= 11 is 1.20. The summed E-state index contributed by atoms with van der Waals surface area (Å²) < 4.78 is 6.21. The van der Waals surface area contributed by atoms with Crippen LogP contribution in [0, 0.1) is 16.0 Å². The molecule has 2 aliphatic heterocycles. The van der Waals surface area contributed by atoms with Gasteiger partial charge in [-0.2, -0.15) is 0 Å². The first-order valence-electron chi connectivity index (χ1n) is 9.10. The molecule has 0 bridgehead atoms. The zero-order chi connectivity index (χ0) is 18.5. The maximum absolute atomic E-state index is 11.1. The van der Waals surface area contributed by atoms with Crippen LogP contribution in [0.3, 0.4) is 0 Å². The summed E-state index contributed by atoms with van der Waals surface area (Å²) in [7, 11) is 0. The van der Waals surface area contributed by atoms with Crippen molar-refractivity contribution < 1.29 is 9.66 Å². The van der Waals surface area contributed by atoms with Gasteiger partial charge in [0.15, 0.2) is 0 Å². The molecule has 1 aromatic carbocycles. The Morgan fingerprint density at radius 3 is 2.81 bits per heavy atom. The van der Waals surface area contributed by atoms with Crippen LogP contribution in [0.1, 0.15) is 62.4 Å². The Morgan fingerprint density at radius 2 is 2.12 bits per heavy atom. The molecule has 5 nitrogen and oxygen atoms in total. The van der Waals surface area contributed by atoms with E-state index in [1.54, 1.807) is 6.07 Å². The van der Waals surface area contributed by atoms with Crippen molar-refractivity contribution in [1.82, 2.24) is 0 Å². The summed E-state index contributed by atoms with van der Waals surface area (Å²) in [5, 5.41) is 16.8. The van der Waals surface area contributed by atoms with Gasteiger partial charge in [-0.25, -0.2) is 0 Å². The quantitative estimate of drug-likeness (QED) is 0.551. The number of anilines is 1. The van der Waals surface area contributed by atoms with Gasteiger partial charge in [0.2, 0.25) is 0 Å². The van der Waals surface area contributed by atoms with E-state index in [2.05, 4.69) is 44.3 Å². The maximum atomic E-state index is 11.1. The standard InChI is InChI=1S/C20H24N2O3S/c1-20(2,3)13-6-7-16-15(10-13)19-14(5-4-8-25-19)18(21-16)12-9-17(22(23)24)26-11-12/h6-7,9-11,14,18-19,21H,4-5,8H2,1-3H3. The van der Waals surface area contributed by atoms with Gasteiger partial charge >= 0.3 is 5.00 Å². The third-order valence-electron chi connectivity index (χ3n) is 5.48. The van der Waals surface area contributed by atoms with Crippen LogP contribution in [0.2, 0.25) is 0 Å². The third kappa shape index (κ3) is 3.01. The number of benzene rings is 1. The minimum Gasteiger partial charge on any atom is -0.378 e. The summed E-state index contributed by atoms with van der Waals surface area (Å²) in [6.45, 7) is 7.43. The first-order valence-corrected chi connectivity index (χ1v) is 9.98. The number of rotatable bonds is 2. The summed E-state index contributed by atoms with van der Waals surface area (Å²) in [5.41, 5.74) is 4.69. The molecule has 1 fully saturated rings. The fourth-order valence-electron chi connectivity index (χ4n) is 4.07. The van der Waals surface area contributed by atoms with Gasteiger partial charge in [0.1, 0.15) is 0 Å². The van der Waals surface area contributed by atoms with E-state index in [4.69, 9.17) is 4.74 Å². The normalized spacial score (nSPS) is 25.1. The van der Waals surface area contributed by atoms with E-state index in [1.807, 2.05) is 5.38 Å². The van der Waals surface area contributed by atoms with Crippen LogP contribution in [0.15, 0.2) is 29.6 Å². The Bertz CT molecular complexity index is 840. The number of hydrogen-bond donors (Lipinski definition) is 1. The average molecular weight is 372 g/mol. The summed E-state index contributed by atoms with van der Waals surface area (Å²) in [5.74, 6) is 0.292. The van der Waals surface area contributed by atoms with Crippen molar-refractivity contribution >= 4 is 22.0 Å². The van der Waals surface area contributed by atoms with Crippen LogP contribution in [0.4, 0.5) is 10.7 Å². The fraction of sp³-hybridized carbons (Fsp3) is 0.500. The predicted molar refractivity (Wildman–Crippen MR) is 104 cm³/mol. The monoisotopic (exact) mass is 372 g/mol. The molecule has 1 aromatic heterocycles. The van der Waals surface area contributed by atoms with E-state index >= 15 is 0 Å². The molecule has 3 unspecified atom stereocenters. The minimum atomic E-state index is -0.310. The van der Waals surface area contributed by atoms with Gasteiger partial charge in [0.05, 0.1) is 17.1 Å². The number of nitrogens with one attached hydrogen (secondary N) is 1.